The van der Waals surface area contributed by atoms with E-state index in [0.29, 0.717) is 34.7 Å². The highest BCUT2D eigenvalue weighted by atomic mass is 16.5. The van der Waals surface area contributed by atoms with Crippen LogP contribution in [0.2, 0.25) is 0 Å². The number of ether oxygens (including phenoxy) is 1. The second-order valence-corrected chi connectivity index (χ2v) is 10.5. The lowest BCUT2D eigenvalue weighted by Gasteiger charge is -2.34. The summed E-state index contributed by atoms with van der Waals surface area (Å²) in [6, 6.07) is 10.0. The number of aromatic nitrogens is 6. The average Bonchev–Trinajstić information content (AvgIpc) is 3.52. The van der Waals surface area contributed by atoms with Crippen LogP contribution in [0.15, 0.2) is 49.1 Å². The zero-order valence-corrected chi connectivity index (χ0v) is 23.1. The number of aryl methyl sites for hydroxylation is 1. The van der Waals surface area contributed by atoms with Crippen molar-refractivity contribution in [2.24, 2.45) is 7.05 Å². The molecule has 1 aliphatic rings. The van der Waals surface area contributed by atoms with Crippen LogP contribution in [0.3, 0.4) is 0 Å². The Balaban J connectivity index is 1.33. The number of piperidine rings is 1. The summed E-state index contributed by atoms with van der Waals surface area (Å²) in [7, 11) is 3.44. The molecule has 0 aliphatic carbocycles. The van der Waals surface area contributed by atoms with Gasteiger partial charge >= 0.3 is 0 Å². The predicted octanol–water partition coefficient (Wildman–Crippen LogP) is 4.27. The highest BCUT2D eigenvalue weighted by molar-refractivity contribution is 6.07. The highest BCUT2D eigenvalue weighted by Gasteiger charge is 2.27. The monoisotopic (exact) mass is 539 g/mol. The Hall–Kier alpha value is -4.51. The van der Waals surface area contributed by atoms with Gasteiger partial charge in [0.1, 0.15) is 29.3 Å². The number of nitrogens with two attached hydrogens (primary N) is 1. The fourth-order valence-corrected chi connectivity index (χ4v) is 5.63. The topological polar surface area (TPSA) is 129 Å². The van der Waals surface area contributed by atoms with Crippen LogP contribution in [0.25, 0.3) is 33.2 Å². The maximum absolute atomic E-state index is 13.2. The molecule has 5 aromatic rings. The number of fused-ring (bicyclic) bond motifs is 2. The van der Waals surface area contributed by atoms with E-state index in [9.17, 15) is 4.79 Å². The molecule has 4 aromatic heterocycles. The van der Waals surface area contributed by atoms with Crippen molar-refractivity contribution in [1.29, 1.82) is 0 Å². The van der Waals surface area contributed by atoms with Crippen molar-refractivity contribution in [3.63, 3.8) is 0 Å². The number of likely N-dealkylation sites (tertiary alicyclic amines) is 1. The summed E-state index contributed by atoms with van der Waals surface area (Å²) < 4.78 is 9.56. The fraction of sp³-hybridized carbons (Fsp3) is 0.345. The van der Waals surface area contributed by atoms with Crippen molar-refractivity contribution < 1.29 is 9.53 Å². The van der Waals surface area contributed by atoms with Gasteiger partial charge in [0.05, 0.1) is 29.7 Å². The van der Waals surface area contributed by atoms with Crippen LogP contribution < -0.4 is 15.8 Å². The van der Waals surface area contributed by atoms with Gasteiger partial charge in [0, 0.05) is 49.5 Å². The van der Waals surface area contributed by atoms with Gasteiger partial charge in [-0.15, -0.1) is 0 Å². The molecular weight excluding hydrogens is 506 g/mol. The minimum absolute atomic E-state index is 0.219. The number of nitrogen functional groups attached to an aromatic ring is 1. The van der Waals surface area contributed by atoms with E-state index in [-0.39, 0.29) is 11.9 Å². The van der Waals surface area contributed by atoms with Crippen molar-refractivity contribution >= 4 is 39.3 Å². The van der Waals surface area contributed by atoms with Crippen molar-refractivity contribution in [1.82, 2.24) is 34.2 Å². The number of rotatable bonds is 6. The molecule has 0 bridgehead atoms. The number of hydrogen-bond donors (Lipinski definition) is 2. The minimum atomic E-state index is -0.245. The second kappa shape index (κ2) is 10.2. The van der Waals surface area contributed by atoms with E-state index < -0.39 is 0 Å². The van der Waals surface area contributed by atoms with Crippen molar-refractivity contribution in [2.75, 3.05) is 31.2 Å². The number of benzene rings is 1. The smallest absolute Gasteiger partial charge is 0.272 e. The van der Waals surface area contributed by atoms with Crippen molar-refractivity contribution in [3.05, 3.63) is 54.7 Å². The zero-order valence-electron chi connectivity index (χ0n) is 23.1. The molecule has 11 nitrogen and oxygen atoms in total. The van der Waals surface area contributed by atoms with Crippen molar-refractivity contribution in [3.8, 4) is 17.0 Å². The number of anilines is 2. The Labute approximate surface area is 232 Å². The largest absolute Gasteiger partial charge is 0.495 e. The molecule has 0 spiro atoms. The predicted molar refractivity (Wildman–Crippen MR) is 155 cm³/mol. The molecule has 40 heavy (non-hydrogen) atoms. The normalized spacial score (nSPS) is 14.8. The number of hydrogen-bond acceptors (Lipinski definition) is 8. The fourth-order valence-electron chi connectivity index (χ4n) is 5.63. The number of carbonyl (C=O) groups is 1. The molecule has 1 saturated heterocycles. The molecule has 1 aromatic carbocycles. The van der Waals surface area contributed by atoms with E-state index in [4.69, 9.17) is 15.6 Å². The maximum Gasteiger partial charge on any atom is 0.272 e. The first-order chi connectivity index (χ1) is 19.4. The van der Waals surface area contributed by atoms with Crippen LogP contribution in [0, 0.1) is 0 Å². The molecule has 0 atom stereocenters. The van der Waals surface area contributed by atoms with Crippen LogP contribution >= 0.6 is 0 Å². The quantitative estimate of drug-likeness (QED) is 0.327. The van der Waals surface area contributed by atoms with Gasteiger partial charge in [0.15, 0.2) is 5.65 Å². The summed E-state index contributed by atoms with van der Waals surface area (Å²) in [6.07, 6.45) is 6.91. The number of nitrogens with zero attached hydrogens (tertiary/aromatic N) is 7. The first-order valence-electron chi connectivity index (χ1n) is 13.5. The van der Waals surface area contributed by atoms with Gasteiger partial charge in [0.25, 0.3) is 5.91 Å². The Kier molecular flexibility index (Phi) is 6.59. The molecule has 206 valence electrons. The van der Waals surface area contributed by atoms with E-state index in [1.54, 1.807) is 19.5 Å². The van der Waals surface area contributed by atoms with Gasteiger partial charge in [-0.3, -0.25) is 9.78 Å². The number of pyridine rings is 1. The molecule has 11 heteroatoms. The summed E-state index contributed by atoms with van der Waals surface area (Å²) in [5.41, 5.74) is 10.6. The van der Waals surface area contributed by atoms with E-state index in [2.05, 4.69) is 39.0 Å². The Morgan fingerprint density at radius 1 is 1.15 bits per heavy atom. The Morgan fingerprint density at radius 2 is 1.95 bits per heavy atom. The number of nitrogens with one attached hydrogen (secondary N) is 1. The molecule has 6 rings (SSSR count). The third kappa shape index (κ3) is 4.41. The Bertz CT molecular complexity index is 1710. The molecule has 5 heterocycles. The molecule has 1 amide bonds. The summed E-state index contributed by atoms with van der Waals surface area (Å²) in [5, 5.41) is 9.64. The van der Waals surface area contributed by atoms with Gasteiger partial charge < -0.3 is 25.3 Å². The van der Waals surface area contributed by atoms with Crippen LogP contribution in [-0.4, -0.2) is 66.3 Å². The van der Waals surface area contributed by atoms with Gasteiger partial charge in [-0.1, -0.05) is 6.07 Å². The second-order valence-electron chi connectivity index (χ2n) is 10.5. The molecule has 0 saturated carbocycles. The SMILES string of the molecule is COc1cc(-c2nn(C3CCN(C(C)C)CC3)c3ncnc(N)c23)ccc1NC(=O)c1cc2cnccc2n1C. The summed E-state index contributed by atoms with van der Waals surface area (Å²) in [4.78, 5) is 28.7. The molecule has 0 radical (unpaired) electrons. The number of methoxy groups -OCH3 is 1. The lowest BCUT2D eigenvalue weighted by atomic mass is 10.0. The first-order valence-corrected chi connectivity index (χ1v) is 13.5. The highest BCUT2D eigenvalue weighted by Crippen LogP contribution is 2.37. The summed E-state index contributed by atoms with van der Waals surface area (Å²) in [6.45, 7) is 6.48. The van der Waals surface area contributed by atoms with Crippen LogP contribution in [-0.2, 0) is 7.05 Å². The standard InChI is InChI=1S/C29H33N9O2/c1-17(2)37-11-8-20(9-12-37)38-28-25(27(30)32-16-33-28)26(35-38)18-5-6-21(24(14-18)40-4)34-29(39)23-13-19-15-31-10-7-22(19)36(23)3/h5-7,10,13-17,20H,8-9,11-12H2,1-4H3,(H,34,39)(H2,30,32,33). The van der Waals surface area contributed by atoms with E-state index >= 15 is 0 Å². The van der Waals surface area contributed by atoms with Gasteiger partial charge in [-0.25, -0.2) is 14.6 Å². The van der Waals surface area contributed by atoms with E-state index in [1.165, 1.54) is 6.33 Å². The van der Waals surface area contributed by atoms with Crippen LogP contribution in [0.1, 0.15) is 43.2 Å². The lowest BCUT2D eigenvalue weighted by Crippen LogP contribution is -2.39. The zero-order chi connectivity index (χ0) is 28.0. The van der Waals surface area contributed by atoms with E-state index in [0.717, 1.165) is 53.4 Å². The number of carbonyl (C=O) groups excluding carboxylic acids is 1. The van der Waals surface area contributed by atoms with Crippen LogP contribution in [0.5, 0.6) is 5.75 Å². The maximum atomic E-state index is 13.2. The molecule has 1 aliphatic heterocycles. The van der Waals surface area contributed by atoms with Gasteiger partial charge in [-0.05, 0) is 51.0 Å². The number of amides is 1. The molecule has 3 N–H and O–H groups in total. The van der Waals surface area contributed by atoms with E-state index in [1.807, 2.05) is 46.6 Å². The van der Waals surface area contributed by atoms with Gasteiger partial charge in [0.2, 0.25) is 0 Å². The van der Waals surface area contributed by atoms with Crippen LogP contribution in [0.4, 0.5) is 11.5 Å². The summed E-state index contributed by atoms with van der Waals surface area (Å²) in [5.74, 6) is 0.645. The Morgan fingerprint density at radius 3 is 2.67 bits per heavy atom. The first kappa shape index (κ1) is 25.8. The lowest BCUT2D eigenvalue weighted by molar-refractivity contribution is 0.101. The summed E-state index contributed by atoms with van der Waals surface area (Å²) >= 11 is 0. The van der Waals surface area contributed by atoms with Gasteiger partial charge in [-0.2, -0.15) is 5.10 Å². The third-order valence-corrected chi connectivity index (χ3v) is 7.89. The molecule has 0 unspecified atom stereocenters. The third-order valence-electron chi connectivity index (χ3n) is 7.89. The average molecular weight is 540 g/mol. The molecule has 1 fully saturated rings. The minimum Gasteiger partial charge on any atom is -0.495 e. The van der Waals surface area contributed by atoms with Crippen molar-refractivity contribution in [2.45, 2.75) is 38.8 Å². The molecular formula is C29H33N9O2.